The lowest BCUT2D eigenvalue weighted by Crippen LogP contribution is -2.37. The van der Waals surface area contributed by atoms with Crippen molar-refractivity contribution < 1.29 is 9.59 Å². The number of imidazole rings is 1. The van der Waals surface area contributed by atoms with Gasteiger partial charge >= 0.3 is 0 Å². The standard InChI is InChI=1S/C34H44N8O2/c1-34(2,3)26-14-10-24(11-15-26)28(43)21-23-9-8-19-41(22-23)33-37-30(31-35-18-20-42(31)38-33)36-27-16-12-25(13-17-27)29(39(4)5)32(44)40(6)7/h10-18,20,23,29H,8-9,19,21-22H2,1-7H3,(H,36,37,38). The van der Waals surface area contributed by atoms with Crippen molar-refractivity contribution in [1.29, 1.82) is 0 Å². The minimum Gasteiger partial charge on any atom is -0.347 e. The maximum Gasteiger partial charge on any atom is 0.245 e. The molecule has 0 saturated carbocycles. The first-order valence-electron chi connectivity index (χ1n) is 15.3. The number of ketones is 1. The third-order valence-corrected chi connectivity index (χ3v) is 8.27. The first-order chi connectivity index (χ1) is 20.9. The minimum absolute atomic E-state index is 0.0234. The lowest BCUT2D eigenvalue weighted by Gasteiger charge is -2.32. The van der Waals surface area contributed by atoms with Gasteiger partial charge in [-0.15, -0.1) is 5.10 Å². The number of carbonyl (C=O) groups excluding carboxylic acids is 2. The number of aromatic nitrogens is 4. The predicted octanol–water partition coefficient (Wildman–Crippen LogP) is 5.35. The fraction of sp³-hybridized carbons (Fsp3) is 0.441. The quantitative estimate of drug-likeness (QED) is 0.259. The van der Waals surface area contributed by atoms with Crippen LogP contribution in [-0.4, -0.2) is 82.4 Å². The molecule has 1 saturated heterocycles. The van der Waals surface area contributed by atoms with Gasteiger partial charge in [0.2, 0.25) is 11.9 Å². The third-order valence-electron chi connectivity index (χ3n) is 8.27. The van der Waals surface area contributed by atoms with Gasteiger partial charge in [0.15, 0.2) is 17.2 Å². The molecule has 1 amide bonds. The molecule has 0 aliphatic carbocycles. The van der Waals surface area contributed by atoms with Crippen molar-refractivity contribution in [2.24, 2.45) is 5.92 Å². The molecule has 232 valence electrons. The molecule has 2 aromatic heterocycles. The summed E-state index contributed by atoms with van der Waals surface area (Å²) < 4.78 is 1.74. The number of benzene rings is 2. The van der Waals surface area contributed by atoms with E-state index in [0.717, 1.165) is 36.2 Å². The highest BCUT2D eigenvalue weighted by molar-refractivity contribution is 5.96. The van der Waals surface area contributed by atoms with Gasteiger partial charge < -0.3 is 15.1 Å². The lowest BCUT2D eigenvalue weighted by atomic mass is 9.85. The van der Waals surface area contributed by atoms with Crippen molar-refractivity contribution in [3.8, 4) is 0 Å². The maximum atomic E-state index is 13.2. The molecular weight excluding hydrogens is 552 g/mol. The average Bonchev–Trinajstić information content (AvgIpc) is 3.47. The van der Waals surface area contributed by atoms with Gasteiger partial charge in [0, 0.05) is 57.3 Å². The molecule has 44 heavy (non-hydrogen) atoms. The van der Waals surface area contributed by atoms with Crippen LogP contribution in [0.4, 0.5) is 17.5 Å². The van der Waals surface area contributed by atoms with Crippen LogP contribution in [0, 0.1) is 5.92 Å². The maximum absolute atomic E-state index is 13.2. The van der Waals surface area contributed by atoms with E-state index in [1.54, 1.807) is 29.7 Å². The number of nitrogens with zero attached hydrogens (tertiary/aromatic N) is 7. The van der Waals surface area contributed by atoms with E-state index in [1.807, 2.05) is 61.6 Å². The Kier molecular flexibility index (Phi) is 9.01. The molecule has 1 aliphatic heterocycles. The van der Waals surface area contributed by atoms with Gasteiger partial charge in [-0.25, -0.2) is 9.50 Å². The molecule has 0 bridgehead atoms. The molecule has 0 spiro atoms. The van der Waals surface area contributed by atoms with Crippen LogP contribution < -0.4 is 10.2 Å². The molecule has 0 radical (unpaired) electrons. The summed E-state index contributed by atoms with van der Waals surface area (Å²) in [6.07, 6.45) is 5.99. The van der Waals surface area contributed by atoms with Gasteiger partial charge in [-0.3, -0.25) is 14.5 Å². The Balaban J connectivity index is 1.31. The van der Waals surface area contributed by atoms with Crippen molar-refractivity contribution in [2.75, 3.05) is 51.5 Å². The first-order valence-corrected chi connectivity index (χ1v) is 15.3. The van der Waals surface area contributed by atoms with E-state index in [4.69, 9.17) is 10.1 Å². The van der Waals surface area contributed by atoms with Crippen LogP contribution in [0.5, 0.6) is 0 Å². The zero-order chi connectivity index (χ0) is 31.6. The molecule has 1 N–H and O–H groups in total. The second-order valence-corrected chi connectivity index (χ2v) is 13.2. The Morgan fingerprint density at radius 2 is 1.73 bits per heavy atom. The molecule has 2 aromatic carbocycles. The number of nitrogens with one attached hydrogen (secondary N) is 1. The number of likely N-dealkylation sites (N-methyl/N-ethyl adjacent to an activating group) is 2. The second kappa shape index (κ2) is 12.7. The van der Waals surface area contributed by atoms with Crippen LogP contribution in [0.15, 0.2) is 60.9 Å². The summed E-state index contributed by atoms with van der Waals surface area (Å²) in [7, 11) is 7.35. The summed E-state index contributed by atoms with van der Waals surface area (Å²) >= 11 is 0. The van der Waals surface area contributed by atoms with Crippen LogP contribution >= 0.6 is 0 Å². The molecule has 1 fully saturated rings. The van der Waals surface area contributed by atoms with Gasteiger partial charge in [0.25, 0.3) is 0 Å². The van der Waals surface area contributed by atoms with Gasteiger partial charge in [0.1, 0.15) is 6.04 Å². The number of anilines is 3. The van der Waals surface area contributed by atoms with Crippen molar-refractivity contribution >= 4 is 34.8 Å². The summed E-state index contributed by atoms with van der Waals surface area (Å²) in [6, 6.07) is 15.5. The molecule has 2 unspecified atom stereocenters. The predicted molar refractivity (Wildman–Crippen MR) is 175 cm³/mol. The van der Waals surface area contributed by atoms with E-state index >= 15 is 0 Å². The number of hydrogen-bond donors (Lipinski definition) is 1. The largest absolute Gasteiger partial charge is 0.347 e. The van der Waals surface area contributed by atoms with Gasteiger partial charge in [-0.1, -0.05) is 57.2 Å². The minimum atomic E-state index is -0.370. The van der Waals surface area contributed by atoms with Crippen molar-refractivity contribution in [1.82, 2.24) is 29.4 Å². The van der Waals surface area contributed by atoms with Gasteiger partial charge in [-0.05, 0) is 61.5 Å². The number of Topliss-reactive ketones (excluding diaryl/α,β-unsaturated/α-hetero) is 1. The Morgan fingerprint density at radius 1 is 1.02 bits per heavy atom. The smallest absolute Gasteiger partial charge is 0.245 e. The highest BCUT2D eigenvalue weighted by atomic mass is 16.2. The molecule has 3 heterocycles. The lowest BCUT2D eigenvalue weighted by molar-refractivity contribution is -0.133. The van der Waals surface area contributed by atoms with E-state index in [9.17, 15) is 9.59 Å². The number of piperidine rings is 1. The molecule has 10 nitrogen and oxygen atoms in total. The Hall–Kier alpha value is -4.31. The fourth-order valence-corrected chi connectivity index (χ4v) is 5.77. The Morgan fingerprint density at radius 3 is 2.36 bits per heavy atom. The third kappa shape index (κ3) is 6.91. The molecule has 10 heteroatoms. The molecular formula is C34H44N8O2. The van der Waals surface area contributed by atoms with Crippen LogP contribution in [0.1, 0.15) is 67.6 Å². The van der Waals surface area contributed by atoms with Gasteiger partial charge in [-0.2, -0.15) is 4.98 Å². The van der Waals surface area contributed by atoms with Crippen LogP contribution in [0.3, 0.4) is 0 Å². The summed E-state index contributed by atoms with van der Waals surface area (Å²) in [5.74, 6) is 1.62. The summed E-state index contributed by atoms with van der Waals surface area (Å²) in [4.78, 5) is 41.0. The van der Waals surface area contributed by atoms with E-state index in [2.05, 4.69) is 48.1 Å². The highest BCUT2D eigenvalue weighted by Gasteiger charge is 2.27. The zero-order valence-electron chi connectivity index (χ0n) is 26.9. The van der Waals surface area contributed by atoms with E-state index < -0.39 is 0 Å². The highest BCUT2D eigenvalue weighted by Crippen LogP contribution is 2.29. The summed E-state index contributed by atoms with van der Waals surface area (Å²) in [5.41, 5.74) is 4.41. The van der Waals surface area contributed by atoms with Crippen LogP contribution in [-0.2, 0) is 10.2 Å². The molecule has 5 rings (SSSR count). The Labute approximate surface area is 260 Å². The molecule has 4 aromatic rings. The SMILES string of the molecule is CN(C)C(=O)C(c1ccc(Nc2nc(N3CCCC(CC(=O)c4ccc(C(C)(C)C)cc4)C3)nn3ccnc23)cc1)N(C)C. The van der Waals surface area contributed by atoms with Crippen molar-refractivity contribution in [3.63, 3.8) is 0 Å². The van der Waals surface area contributed by atoms with Crippen molar-refractivity contribution in [3.05, 3.63) is 77.6 Å². The topological polar surface area (TPSA) is 99.0 Å². The second-order valence-electron chi connectivity index (χ2n) is 13.2. The van der Waals surface area contributed by atoms with Crippen molar-refractivity contribution in [2.45, 2.75) is 51.5 Å². The van der Waals surface area contributed by atoms with Crippen LogP contribution in [0.2, 0.25) is 0 Å². The number of amides is 1. The normalized spacial score (nSPS) is 16.3. The first kappa shape index (κ1) is 31.1. The monoisotopic (exact) mass is 596 g/mol. The number of rotatable bonds is 9. The number of hydrogen-bond acceptors (Lipinski definition) is 8. The van der Waals surface area contributed by atoms with E-state index in [-0.39, 0.29) is 29.1 Å². The molecule has 2 atom stereocenters. The van der Waals surface area contributed by atoms with E-state index in [1.165, 1.54) is 5.56 Å². The number of carbonyl (C=O) groups is 2. The summed E-state index contributed by atoms with van der Waals surface area (Å²) in [6.45, 7) is 8.07. The average molecular weight is 597 g/mol. The molecule has 1 aliphatic rings. The summed E-state index contributed by atoms with van der Waals surface area (Å²) in [5, 5.41) is 8.17. The van der Waals surface area contributed by atoms with Gasteiger partial charge in [0.05, 0.1) is 0 Å². The zero-order valence-corrected chi connectivity index (χ0v) is 26.9. The van der Waals surface area contributed by atoms with Crippen LogP contribution in [0.25, 0.3) is 5.65 Å². The fourth-order valence-electron chi connectivity index (χ4n) is 5.77. The Bertz CT molecular complexity index is 1600. The number of fused-ring (bicyclic) bond motifs is 1. The van der Waals surface area contributed by atoms with E-state index in [0.29, 0.717) is 30.4 Å².